The van der Waals surface area contributed by atoms with Crippen molar-refractivity contribution in [2.24, 2.45) is 23.7 Å². The van der Waals surface area contributed by atoms with Crippen LogP contribution in [0.5, 0.6) is 0 Å². The van der Waals surface area contributed by atoms with Gasteiger partial charge in [-0.25, -0.2) is 4.90 Å². The van der Waals surface area contributed by atoms with E-state index in [1.54, 1.807) is 0 Å². The Hall–Kier alpha value is -2.69. The van der Waals surface area contributed by atoms with Crippen LogP contribution < -0.4 is 4.90 Å². The van der Waals surface area contributed by atoms with Crippen molar-refractivity contribution in [3.63, 3.8) is 0 Å². The van der Waals surface area contributed by atoms with E-state index in [0.29, 0.717) is 12.2 Å². The maximum atomic E-state index is 13.1. The van der Waals surface area contributed by atoms with E-state index in [2.05, 4.69) is 48.4 Å². The van der Waals surface area contributed by atoms with Crippen LogP contribution in [-0.4, -0.2) is 21.6 Å². The lowest BCUT2D eigenvalue weighted by atomic mass is 9.85. The quantitative estimate of drug-likeness (QED) is 0.623. The van der Waals surface area contributed by atoms with Crippen LogP contribution in [0.4, 0.5) is 5.69 Å². The number of nitrogens with zero attached hydrogens (tertiary/aromatic N) is 3. The summed E-state index contributed by atoms with van der Waals surface area (Å²) in [6, 6.07) is 8.34. The van der Waals surface area contributed by atoms with Gasteiger partial charge in [0.15, 0.2) is 0 Å². The molecule has 2 aromatic rings. The lowest BCUT2D eigenvalue weighted by Crippen LogP contribution is -2.33. The molecule has 2 heterocycles. The molecule has 4 atom stereocenters. The van der Waals surface area contributed by atoms with Crippen LogP contribution >= 0.6 is 0 Å². The number of amides is 2. The van der Waals surface area contributed by atoms with Gasteiger partial charge in [-0.15, -0.1) is 0 Å². The van der Waals surface area contributed by atoms with Crippen LogP contribution in [0.2, 0.25) is 0 Å². The van der Waals surface area contributed by atoms with Crippen molar-refractivity contribution in [2.45, 2.75) is 33.7 Å². The predicted octanol–water partition coefficient (Wildman–Crippen LogP) is 3.17. The molecule has 1 saturated heterocycles. The minimum Gasteiger partial charge on any atom is -0.274 e. The second-order valence-electron chi connectivity index (χ2n) is 8.17. The molecule has 2 aliphatic carbocycles. The first-order valence-corrected chi connectivity index (χ1v) is 9.61. The van der Waals surface area contributed by atoms with Gasteiger partial charge in [0.1, 0.15) is 0 Å². The summed E-state index contributed by atoms with van der Waals surface area (Å²) in [5.74, 6) is 0.0266. The lowest BCUT2D eigenvalue weighted by molar-refractivity contribution is -0.123. The van der Waals surface area contributed by atoms with Gasteiger partial charge in [0, 0.05) is 0 Å². The average molecular weight is 361 g/mol. The standard InChI is InChI=1S/C22H23N3O2/c1-12-4-6-15(7-5-12)11-24-14(3)20(13(2)23-24)25-21(26)18-16-8-9-17(10-16)19(18)22(25)27/h4-9,16-19H,10-11H2,1-3H3. The topological polar surface area (TPSA) is 55.2 Å². The monoisotopic (exact) mass is 361 g/mol. The van der Waals surface area contributed by atoms with E-state index in [-0.39, 0.29) is 35.5 Å². The number of anilines is 1. The summed E-state index contributed by atoms with van der Waals surface area (Å²) in [6.07, 6.45) is 5.20. The van der Waals surface area contributed by atoms with E-state index in [1.165, 1.54) is 10.5 Å². The molecule has 3 aliphatic rings. The molecule has 0 radical (unpaired) electrons. The van der Waals surface area contributed by atoms with Gasteiger partial charge in [-0.1, -0.05) is 42.0 Å². The molecular formula is C22H23N3O2. The Balaban J connectivity index is 1.49. The van der Waals surface area contributed by atoms with Gasteiger partial charge in [-0.3, -0.25) is 14.3 Å². The molecule has 2 bridgehead atoms. The zero-order chi connectivity index (χ0) is 18.9. The zero-order valence-electron chi connectivity index (χ0n) is 15.8. The van der Waals surface area contributed by atoms with E-state index in [1.807, 2.05) is 18.5 Å². The van der Waals surface area contributed by atoms with Crippen LogP contribution in [0.25, 0.3) is 0 Å². The summed E-state index contributed by atoms with van der Waals surface area (Å²) in [6.45, 7) is 6.53. The number of benzene rings is 1. The molecule has 1 aromatic heterocycles. The molecule has 5 nitrogen and oxygen atoms in total. The molecule has 0 spiro atoms. The number of aryl methyl sites for hydroxylation is 2. The third kappa shape index (κ3) is 2.27. The first kappa shape index (κ1) is 16.5. The number of aromatic nitrogens is 2. The molecule has 1 aliphatic heterocycles. The number of hydrogen-bond donors (Lipinski definition) is 0. The van der Waals surface area contributed by atoms with Crippen molar-refractivity contribution in [3.05, 3.63) is 58.9 Å². The van der Waals surface area contributed by atoms with Gasteiger partial charge in [0.25, 0.3) is 0 Å². The van der Waals surface area contributed by atoms with Crippen molar-refractivity contribution in [3.8, 4) is 0 Å². The zero-order valence-corrected chi connectivity index (χ0v) is 15.8. The number of carbonyl (C=O) groups is 2. The summed E-state index contributed by atoms with van der Waals surface area (Å²) in [4.78, 5) is 27.7. The van der Waals surface area contributed by atoms with Crippen molar-refractivity contribution in [1.82, 2.24) is 9.78 Å². The molecule has 4 unspecified atom stereocenters. The van der Waals surface area contributed by atoms with E-state index in [4.69, 9.17) is 0 Å². The summed E-state index contributed by atoms with van der Waals surface area (Å²) in [5.41, 5.74) is 4.66. The van der Waals surface area contributed by atoms with Crippen molar-refractivity contribution >= 4 is 17.5 Å². The molecule has 138 valence electrons. The highest BCUT2D eigenvalue weighted by molar-refractivity contribution is 6.23. The molecule has 1 saturated carbocycles. The second kappa shape index (κ2) is 5.65. The normalized spacial score (nSPS) is 28.5. The number of allylic oxidation sites excluding steroid dienone is 2. The number of fused-ring (bicyclic) bond motifs is 5. The summed E-state index contributed by atoms with van der Waals surface area (Å²) in [5, 5.41) is 4.64. The fourth-order valence-corrected chi connectivity index (χ4v) is 5.15. The highest BCUT2D eigenvalue weighted by atomic mass is 16.2. The van der Waals surface area contributed by atoms with E-state index < -0.39 is 0 Å². The minimum absolute atomic E-state index is 0.0389. The van der Waals surface area contributed by atoms with Gasteiger partial charge in [-0.2, -0.15) is 5.10 Å². The van der Waals surface area contributed by atoms with Crippen LogP contribution in [-0.2, 0) is 16.1 Å². The highest BCUT2D eigenvalue weighted by Gasteiger charge is 2.60. The molecule has 2 amide bonds. The smallest absolute Gasteiger partial charge is 0.238 e. The lowest BCUT2D eigenvalue weighted by Gasteiger charge is -2.18. The first-order valence-electron chi connectivity index (χ1n) is 9.61. The van der Waals surface area contributed by atoms with E-state index >= 15 is 0 Å². The van der Waals surface area contributed by atoms with Gasteiger partial charge >= 0.3 is 0 Å². The number of carbonyl (C=O) groups excluding carboxylic acids is 2. The molecule has 27 heavy (non-hydrogen) atoms. The van der Waals surface area contributed by atoms with Gasteiger partial charge in [0.05, 0.1) is 35.5 Å². The molecule has 5 rings (SSSR count). The van der Waals surface area contributed by atoms with Crippen molar-refractivity contribution in [1.29, 1.82) is 0 Å². The predicted molar refractivity (Wildman–Crippen MR) is 102 cm³/mol. The molecule has 5 heteroatoms. The molecular weight excluding hydrogens is 338 g/mol. The molecule has 0 N–H and O–H groups in total. The maximum absolute atomic E-state index is 13.1. The van der Waals surface area contributed by atoms with Gasteiger partial charge < -0.3 is 0 Å². The largest absolute Gasteiger partial charge is 0.274 e. The Morgan fingerprint density at radius 2 is 1.56 bits per heavy atom. The average Bonchev–Trinajstić information content (AvgIpc) is 3.37. The molecule has 2 fully saturated rings. The maximum Gasteiger partial charge on any atom is 0.238 e. The summed E-state index contributed by atoms with van der Waals surface area (Å²) < 4.78 is 1.90. The van der Waals surface area contributed by atoms with Gasteiger partial charge in [-0.05, 0) is 44.6 Å². The van der Waals surface area contributed by atoms with Crippen molar-refractivity contribution < 1.29 is 9.59 Å². The number of hydrogen-bond acceptors (Lipinski definition) is 3. The highest BCUT2D eigenvalue weighted by Crippen LogP contribution is 2.53. The van der Waals surface area contributed by atoms with Crippen molar-refractivity contribution in [2.75, 3.05) is 4.90 Å². The Kier molecular flexibility index (Phi) is 3.45. The van der Waals surface area contributed by atoms with Crippen LogP contribution in [0.3, 0.4) is 0 Å². The Morgan fingerprint density at radius 1 is 0.963 bits per heavy atom. The van der Waals surface area contributed by atoms with E-state index in [9.17, 15) is 9.59 Å². The van der Waals surface area contributed by atoms with Crippen LogP contribution in [0, 0.1) is 44.4 Å². The third-order valence-corrected chi connectivity index (χ3v) is 6.49. The molecule has 1 aromatic carbocycles. The summed E-state index contributed by atoms with van der Waals surface area (Å²) in [7, 11) is 0. The third-order valence-electron chi connectivity index (χ3n) is 6.49. The fourth-order valence-electron chi connectivity index (χ4n) is 5.15. The minimum atomic E-state index is -0.174. The van der Waals surface area contributed by atoms with Crippen LogP contribution in [0.15, 0.2) is 36.4 Å². The Morgan fingerprint density at radius 3 is 2.15 bits per heavy atom. The Labute approximate surface area is 158 Å². The van der Waals surface area contributed by atoms with E-state index in [0.717, 1.165) is 23.4 Å². The Bertz CT molecular complexity index is 956. The SMILES string of the molecule is Cc1ccc(Cn2nc(C)c(N3C(=O)C4C5C=CC(C5)C4C3=O)c2C)cc1. The number of rotatable bonds is 3. The van der Waals surface area contributed by atoms with Crippen LogP contribution in [0.1, 0.15) is 28.9 Å². The second-order valence-corrected chi connectivity index (χ2v) is 8.17. The number of imide groups is 1. The first-order chi connectivity index (χ1) is 13.0. The fraction of sp³-hybridized carbons (Fsp3) is 0.409. The summed E-state index contributed by atoms with van der Waals surface area (Å²) >= 11 is 0. The van der Waals surface area contributed by atoms with Gasteiger partial charge in [0.2, 0.25) is 11.8 Å².